The van der Waals surface area contributed by atoms with Crippen LogP contribution in [-0.4, -0.2) is 83.8 Å². The highest BCUT2D eigenvalue weighted by atomic mass is 16.5. The van der Waals surface area contributed by atoms with E-state index < -0.39 is 36.0 Å². The Hall–Kier alpha value is -5.66. The Morgan fingerprint density at radius 3 is 1.62 bits per heavy atom. The van der Waals surface area contributed by atoms with Crippen LogP contribution in [0.4, 0.5) is 0 Å². The maximum Gasteiger partial charge on any atom is 0.202 e. The van der Waals surface area contributed by atoms with Crippen LogP contribution in [-0.2, 0) is 0 Å². The minimum atomic E-state index is -1.65. The zero-order chi connectivity index (χ0) is 35.9. The number of aliphatic hydroxyl groups is 2. The van der Waals surface area contributed by atoms with Crippen molar-refractivity contribution >= 4 is 11.6 Å². The van der Waals surface area contributed by atoms with Crippen LogP contribution in [0.3, 0.4) is 0 Å². The number of Topliss-reactive ketones (excluding diaryl/α,β-unsaturated/α-hetero) is 2. The van der Waals surface area contributed by atoms with E-state index in [1.807, 2.05) is 0 Å². The Morgan fingerprint density at radius 2 is 1.04 bits per heavy atom. The number of ketones is 2. The fourth-order valence-electron chi connectivity index (χ4n) is 6.35. The molecule has 2 aliphatic heterocycles. The van der Waals surface area contributed by atoms with Gasteiger partial charge in [0.05, 0.1) is 60.9 Å². The molecule has 50 heavy (non-hydrogen) atoms. The van der Waals surface area contributed by atoms with E-state index in [0.29, 0.717) is 28.4 Å². The number of fused-ring (bicyclic) bond motifs is 2. The molecule has 0 saturated carbocycles. The molecule has 13 nitrogen and oxygen atoms in total. The molecule has 6 rings (SSSR count). The molecule has 0 aliphatic carbocycles. The van der Waals surface area contributed by atoms with E-state index in [4.69, 9.17) is 42.6 Å². The molecule has 0 radical (unpaired) electrons. The van der Waals surface area contributed by atoms with Gasteiger partial charge in [0.2, 0.25) is 11.6 Å². The number of methoxy groups -OCH3 is 7. The van der Waals surface area contributed by atoms with Gasteiger partial charge in [-0.2, -0.15) is 0 Å². The molecule has 0 spiro atoms. The van der Waals surface area contributed by atoms with E-state index in [9.17, 15) is 19.8 Å². The average molecular weight is 689 g/mol. The molecule has 0 fully saturated rings. The van der Waals surface area contributed by atoms with Crippen molar-refractivity contribution in [3.63, 3.8) is 0 Å². The minimum Gasteiger partial charge on any atom is -0.497 e. The predicted molar refractivity (Wildman–Crippen MR) is 178 cm³/mol. The van der Waals surface area contributed by atoms with Gasteiger partial charge in [-0.05, 0) is 35.4 Å². The zero-order valence-electron chi connectivity index (χ0n) is 28.4. The van der Waals surface area contributed by atoms with E-state index >= 15 is 0 Å². The summed E-state index contributed by atoms with van der Waals surface area (Å²) in [6.45, 7) is 0. The molecule has 0 aromatic heterocycles. The lowest BCUT2D eigenvalue weighted by atomic mass is 9.86. The first kappa shape index (κ1) is 34.2. The standard InChI is InChI=1S/C37H36O13/c1-42-19-11-8-17(9-12-19)34-32(40)31(39)29-25(49-34)16-23(46-5)26(36(29)48-7)27-22(45-4)15-24(47-6)28-30(38)33(41)35(50-37(27)28)18-10-13-20(43-2)21(14-18)44-3/h8-16,32-35,40-41H,1-7H3. The summed E-state index contributed by atoms with van der Waals surface area (Å²) in [6.07, 6.45) is -5.53. The molecule has 2 N–H and O–H groups in total. The lowest BCUT2D eigenvalue weighted by molar-refractivity contribution is 0.0206. The summed E-state index contributed by atoms with van der Waals surface area (Å²) in [7, 11) is 10.0. The van der Waals surface area contributed by atoms with Gasteiger partial charge in [0.1, 0.15) is 51.4 Å². The Morgan fingerprint density at radius 1 is 0.500 bits per heavy atom. The van der Waals surface area contributed by atoms with Gasteiger partial charge < -0.3 is 52.8 Å². The third kappa shape index (κ3) is 5.44. The van der Waals surface area contributed by atoms with Crippen molar-refractivity contribution in [3.8, 4) is 62.9 Å². The molecule has 4 aromatic carbocycles. The van der Waals surface area contributed by atoms with E-state index in [1.165, 1.54) is 61.9 Å². The Balaban J connectivity index is 1.58. The fraction of sp³-hybridized carbons (Fsp3) is 0.297. The summed E-state index contributed by atoms with van der Waals surface area (Å²) in [5.74, 6) is 0.429. The lowest BCUT2D eigenvalue weighted by Gasteiger charge is -2.34. The second-order valence-corrected chi connectivity index (χ2v) is 11.3. The topological polar surface area (TPSA) is 158 Å². The van der Waals surface area contributed by atoms with Crippen molar-refractivity contribution in [3.05, 3.63) is 76.9 Å². The molecule has 4 unspecified atom stereocenters. The monoisotopic (exact) mass is 688 g/mol. The Kier molecular flexibility index (Phi) is 9.37. The van der Waals surface area contributed by atoms with Gasteiger partial charge in [-0.1, -0.05) is 18.2 Å². The van der Waals surface area contributed by atoms with E-state index in [1.54, 1.807) is 42.5 Å². The number of hydrogen-bond acceptors (Lipinski definition) is 13. The highest BCUT2D eigenvalue weighted by molar-refractivity contribution is 6.11. The molecular formula is C37H36O13. The molecule has 4 atom stereocenters. The number of carbonyl (C=O) groups is 2. The van der Waals surface area contributed by atoms with Crippen LogP contribution in [0.25, 0.3) is 11.1 Å². The van der Waals surface area contributed by atoms with Gasteiger partial charge in [-0.3, -0.25) is 9.59 Å². The molecule has 4 aromatic rings. The van der Waals surface area contributed by atoms with Gasteiger partial charge in [0.25, 0.3) is 0 Å². The third-order valence-corrected chi connectivity index (χ3v) is 8.81. The SMILES string of the molecule is COc1ccc(C2Oc3cc(OC)c(-c4c(OC)cc(OC)c5c4OC(c4ccc(OC)c(OC)c4)C(O)C5=O)c(OC)c3C(=O)C2O)cc1. The van der Waals surface area contributed by atoms with Crippen molar-refractivity contribution in [2.45, 2.75) is 24.4 Å². The Bertz CT molecular complexity index is 1950. The first-order valence-corrected chi connectivity index (χ1v) is 15.4. The molecule has 262 valence electrons. The summed E-state index contributed by atoms with van der Waals surface area (Å²) >= 11 is 0. The number of rotatable bonds is 10. The van der Waals surface area contributed by atoms with Gasteiger partial charge in [-0.15, -0.1) is 0 Å². The van der Waals surface area contributed by atoms with Crippen molar-refractivity contribution in [1.29, 1.82) is 0 Å². The molecule has 2 aliphatic rings. The molecule has 0 bridgehead atoms. The fourth-order valence-corrected chi connectivity index (χ4v) is 6.35. The minimum absolute atomic E-state index is 0.0336. The Labute approximate surface area is 287 Å². The highest BCUT2D eigenvalue weighted by Gasteiger charge is 2.45. The molecule has 13 heteroatoms. The van der Waals surface area contributed by atoms with Crippen molar-refractivity contribution in [1.82, 2.24) is 0 Å². The number of ether oxygens (including phenoxy) is 9. The maximum atomic E-state index is 14.0. The van der Waals surface area contributed by atoms with Gasteiger partial charge in [0, 0.05) is 12.1 Å². The lowest BCUT2D eigenvalue weighted by Crippen LogP contribution is -2.37. The summed E-state index contributed by atoms with van der Waals surface area (Å²) in [5, 5.41) is 22.6. The summed E-state index contributed by atoms with van der Waals surface area (Å²) in [6, 6.07) is 14.6. The van der Waals surface area contributed by atoms with Crippen molar-refractivity contribution in [2.24, 2.45) is 0 Å². The smallest absolute Gasteiger partial charge is 0.202 e. The van der Waals surface area contributed by atoms with Crippen LogP contribution in [0, 0.1) is 0 Å². The third-order valence-electron chi connectivity index (χ3n) is 8.81. The molecular weight excluding hydrogens is 652 g/mol. The number of carbonyl (C=O) groups excluding carboxylic acids is 2. The quantitative estimate of drug-likeness (QED) is 0.235. The number of aliphatic hydroxyl groups excluding tert-OH is 2. The normalized spacial score (nSPS) is 19.3. The summed E-state index contributed by atoms with van der Waals surface area (Å²) in [5.41, 5.74) is 1.12. The average Bonchev–Trinajstić information content (AvgIpc) is 3.15. The first-order chi connectivity index (χ1) is 24.1. The highest BCUT2D eigenvalue weighted by Crippen LogP contribution is 2.57. The molecule has 2 heterocycles. The van der Waals surface area contributed by atoms with Crippen LogP contribution >= 0.6 is 0 Å². The summed E-state index contributed by atoms with van der Waals surface area (Å²) < 4.78 is 51.9. The molecule has 0 amide bonds. The van der Waals surface area contributed by atoms with E-state index in [0.717, 1.165) is 0 Å². The van der Waals surface area contributed by atoms with Crippen LogP contribution < -0.4 is 42.6 Å². The van der Waals surface area contributed by atoms with Crippen molar-refractivity contribution in [2.75, 3.05) is 49.8 Å². The number of benzene rings is 4. The van der Waals surface area contributed by atoms with Gasteiger partial charge in [0.15, 0.2) is 35.9 Å². The van der Waals surface area contributed by atoms with Crippen LogP contribution in [0.15, 0.2) is 54.6 Å². The van der Waals surface area contributed by atoms with E-state index in [-0.39, 0.29) is 56.8 Å². The van der Waals surface area contributed by atoms with Crippen LogP contribution in [0.5, 0.6) is 51.7 Å². The van der Waals surface area contributed by atoms with Crippen LogP contribution in [0.1, 0.15) is 44.1 Å². The van der Waals surface area contributed by atoms with Gasteiger partial charge in [-0.25, -0.2) is 0 Å². The van der Waals surface area contributed by atoms with Crippen molar-refractivity contribution < 1.29 is 62.4 Å². The summed E-state index contributed by atoms with van der Waals surface area (Å²) in [4.78, 5) is 28.0. The largest absolute Gasteiger partial charge is 0.497 e. The first-order valence-electron chi connectivity index (χ1n) is 15.4. The second-order valence-electron chi connectivity index (χ2n) is 11.3. The van der Waals surface area contributed by atoms with Gasteiger partial charge >= 0.3 is 0 Å². The van der Waals surface area contributed by atoms with Crippen LogP contribution in [0.2, 0.25) is 0 Å². The van der Waals surface area contributed by atoms with E-state index in [2.05, 4.69) is 0 Å². The maximum absolute atomic E-state index is 14.0. The predicted octanol–water partition coefficient (Wildman–Crippen LogP) is 4.77. The zero-order valence-corrected chi connectivity index (χ0v) is 28.4. The molecule has 0 saturated heterocycles. The number of hydrogen-bond donors (Lipinski definition) is 2. The second kappa shape index (κ2) is 13.7.